The average molecular weight is 434 g/mol. The van der Waals surface area contributed by atoms with Crippen molar-refractivity contribution in [1.82, 2.24) is 9.71 Å². The zero-order valence-corrected chi connectivity index (χ0v) is 17.5. The number of nitrogens with zero attached hydrogens (tertiary/aromatic N) is 1. The zero-order chi connectivity index (χ0) is 22.2. The number of benzene rings is 2. The standard InChI is InChI=1S/C22H21F3N2O2S/c1-15-6-4-9-19(12-15)30(28,29)27-21(2,3)18-8-5-7-16(13-18)17-10-11-26-20(14-17)22(23,24)25/h4-14,27H,1-3H3. The van der Waals surface area contributed by atoms with E-state index in [-0.39, 0.29) is 4.90 Å². The maximum atomic E-state index is 13.0. The van der Waals surface area contributed by atoms with Crippen LogP contribution in [0.15, 0.2) is 71.8 Å². The van der Waals surface area contributed by atoms with Gasteiger partial charge in [0.1, 0.15) is 5.69 Å². The number of sulfonamides is 1. The highest BCUT2D eigenvalue weighted by atomic mass is 32.2. The molecule has 158 valence electrons. The van der Waals surface area contributed by atoms with Gasteiger partial charge in [-0.3, -0.25) is 4.98 Å². The van der Waals surface area contributed by atoms with Gasteiger partial charge in [-0.15, -0.1) is 0 Å². The minimum Gasteiger partial charge on any atom is -0.252 e. The Bertz CT molecular complexity index is 1170. The third kappa shape index (κ3) is 4.88. The van der Waals surface area contributed by atoms with Gasteiger partial charge in [-0.05, 0) is 73.4 Å². The lowest BCUT2D eigenvalue weighted by Crippen LogP contribution is -2.40. The molecule has 0 radical (unpaired) electrons. The number of pyridine rings is 1. The summed E-state index contributed by atoms with van der Waals surface area (Å²) in [6, 6.07) is 15.8. The second-order valence-corrected chi connectivity index (χ2v) is 9.24. The van der Waals surface area contributed by atoms with E-state index < -0.39 is 27.4 Å². The molecule has 0 amide bonds. The molecule has 0 aliphatic carbocycles. The Kier molecular flexibility index (Phi) is 5.75. The lowest BCUT2D eigenvalue weighted by molar-refractivity contribution is -0.141. The van der Waals surface area contributed by atoms with Crippen molar-refractivity contribution in [3.63, 3.8) is 0 Å². The van der Waals surface area contributed by atoms with Crippen molar-refractivity contribution in [2.45, 2.75) is 37.4 Å². The molecular formula is C22H21F3N2O2S. The molecule has 0 aliphatic heterocycles. The molecule has 8 heteroatoms. The normalized spacial score (nSPS) is 12.7. The van der Waals surface area contributed by atoms with Crippen molar-refractivity contribution in [2.24, 2.45) is 0 Å². The Morgan fingerprint density at radius 1 is 0.900 bits per heavy atom. The third-order valence-electron chi connectivity index (χ3n) is 4.66. The monoisotopic (exact) mass is 434 g/mol. The van der Waals surface area contributed by atoms with Crippen LogP contribution in [0, 0.1) is 6.92 Å². The summed E-state index contributed by atoms with van der Waals surface area (Å²) < 4.78 is 67.3. The highest BCUT2D eigenvalue weighted by molar-refractivity contribution is 7.89. The zero-order valence-electron chi connectivity index (χ0n) is 16.7. The third-order valence-corrected chi connectivity index (χ3v) is 6.31. The van der Waals surface area contributed by atoms with E-state index in [0.717, 1.165) is 17.8 Å². The summed E-state index contributed by atoms with van der Waals surface area (Å²) >= 11 is 0. The number of hydrogen-bond acceptors (Lipinski definition) is 3. The van der Waals surface area contributed by atoms with Crippen LogP contribution < -0.4 is 4.72 Å². The Labute approximate surface area is 173 Å². The molecule has 0 saturated heterocycles. The van der Waals surface area contributed by atoms with Crippen LogP contribution in [-0.2, 0) is 21.7 Å². The summed E-state index contributed by atoms with van der Waals surface area (Å²) in [4.78, 5) is 3.53. The van der Waals surface area contributed by atoms with E-state index in [0.29, 0.717) is 16.7 Å². The molecule has 1 heterocycles. The van der Waals surface area contributed by atoms with E-state index in [2.05, 4.69) is 9.71 Å². The van der Waals surface area contributed by atoms with Crippen LogP contribution in [0.3, 0.4) is 0 Å². The average Bonchev–Trinajstić information content (AvgIpc) is 2.67. The van der Waals surface area contributed by atoms with Gasteiger partial charge in [0.15, 0.2) is 0 Å². The number of halogens is 3. The highest BCUT2D eigenvalue weighted by Gasteiger charge is 2.33. The van der Waals surface area contributed by atoms with E-state index in [1.54, 1.807) is 63.2 Å². The molecule has 0 aliphatic rings. The number of aromatic nitrogens is 1. The highest BCUT2D eigenvalue weighted by Crippen LogP contribution is 2.32. The SMILES string of the molecule is Cc1cccc(S(=O)(=O)NC(C)(C)c2cccc(-c3ccnc(C(F)(F)F)c3)c2)c1. The van der Waals surface area contributed by atoms with E-state index >= 15 is 0 Å². The fraction of sp³-hybridized carbons (Fsp3) is 0.227. The van der Waals surface area contributed by atoms with Gasteiger partial charge < -0.3 is 0 Å². The minimum absolute atomic E-state index is 0.149. The molecule has 0 fully saturated rings. The van der Waals surface area contributed by atoms with Gasteiger partial charge in [0.05, 0.1) is 10.4 Å². The van der Waals surface area contributed by atoms with Crippen LogP contribution in [0.1, 0.15) is 30.7 Å². The maximum absolute atomic E-state index is 13.0. The maximum Gasteiger partial charge on any atom is 0.433 e. The lowest BCUT2D eigenvalue weighted by Gasteiger charge is -2.27. The van der Waals surface area contributed by atoms with Gasteiger partial charge in [-0.25, -0.2) is 13.1 Å². The molecule has 1 N–H and O–H groups in total. The Hall–Kier alpha value is -2.71. The summed E-state index contributed by atoms with van der Waals surface area (Å²) in [7, 11) is -3.80. The van der Waals surface area contributed by atoms with E-state index in [1.165, 1.54) is 12.1 Å². The van der Waals surface area contributed by atoms with Crippen molar-refractivity contribution in [1.29, 1.82) is 0 Å². The summed E-state index contributed by atoms with van der Waals surface area (Å²) in [5.74, 6) is 0. The van der Waals surface area contributed by atoms with Gasteiger partial charge in [0.25, 0.3) is 0 Å². The van der Waals surface area contributed by atoms with Crippen molar-refractivity contribution >= 4 is 10.0 Å². The number of nitrogens with one attached hydrogen (secondary N) is 1. The van der Waals surface area contributed by atoms with Crippen LogP contribution in [0.25, 0.3) is 11.1 Å². The second kappa shape index (κ2) is 7.85. The molecular weight excluding hydrogens is 413 g/mol. The summed E-state index contributed by atoms with van der Waals surface area (Å²) in [5, 5.41) is 0. The first-order valence-electron chi connectivity index (χ1n) is 9.13. The van der Waals surface area contributed by atoms with E-state index in [1.807, 2.05) is 0 Å². The molecule has 2 aromatic carbocycles. The quantitative estimate of drug-likeness (QED) is 0.594. The van der Waals surface area contributed by atoms with Crippen molar-refractivity contribution in [2.75, 3.05) is 0 Å². The smallest absolute Gasteiger partial charge is 0.252 e. The van der Waals surface area contributed by atoms with Crippen molar-refractivity contribution < 1.29 is 21.6 Å². The van der Waals surface area contributed by atoms with Gasteiger partial charge in [-0.2, -0.15) is 13.2 Å². The molecule has 0 spiro atoms. The molecule has 0 bridgehead atoms. The largest absolute Gasteiger partial charge is 0.433 e. The van der Waals surface area contributed by atoms with Crippen LogP contribution in [0.4, 0.5) is 13.2 Å². The van der Waals surface area contributed by atoms with Crippen LogP contribution in [-0.4, -0.2) is 13.4 Å². The predicted molar refractivity (Wildman–Crippen MR) is 109 cm³/mol. The summed E-state index contributed by atoms with van der Waals surface area (Å²) in [5.41, 5.74) is 0.320. The van der Waals surface area contributed by atoms with Crippen LogP contribution in [0.2, 0.25) is 0 Å². The van der Waals surface area contributed by atoms with Gasteiger partial charge in [-0.1, -0.05) is 30.3 Å². The first kappa shape index (κ1) is 22.0. The number of aryl methyl sites for hydroxylation is 1. The van der Waals surface area contributed by atoms with Gasteiger partial charge in [0, 0.05) is 6.20 Å². The summed E-state index contributed by atoms with van der Waals surface area (Å²) in [6.07, 6.45) is -3.44. The fourth-order valence-electron chi connectivity index (χ4n) is 3.09. The predicted octanol–water partition coefficient (Wildman–Crippen LogP) is 5.29. The van der Waals surface area contributed by atoms with Crippen molar-refractivity contribution in [3.8, 4) is 11.1 Å². The molecule has 3 rings (SSSR count). The van der Waals surface area contributed by atoms with Crippen LogP contribution in [0.5, 0.6) is 0 Å². The fourth-order valence-corrected chi connectivity index (χ4v) is 4.60. The topological polar surface area (TPSA) is 59.1 Å². The molecule has 30 heavy (non-hydrogen) atoms. The van der Waals surface area contributed by atoms with Gasteiger partial charge in [0.2, 0.25) is 10.0 Å². The van der Waals surface area contributed by atoms with Crippen molar-refractivity contribution in [3.05, 3.63) is 83.7 Å². The number of rotatable bonds is 5. The molecule has 0 saturated carbocycles. The van der Waals surface area contributed by atoms with Gasteiger partial charge >= 0.3 is 6.18 Å². The Morgan fingerprint density at radius 3 is 2.23 bits per heavy atom. The number of hydrogen-bond donors (Lipinski definition) is 1. The summed E-state index contributed by atoms with van der Waals surface area (Å²) in [6.45, 7) is 5.21. The molecule has 3 aromatic rings. The lowest BCUT2D eigenvalue weighted by atomic mass is 9.92. The van der Waals surface area contributed by atoms with E-state index in [4.69, 9.17) is 0 Å². The first-order valence-corrected chi connectivity index (χ1v) is 10.6. The molecule has 1 aromatic heterocycles. The second-order valence-electron chi connectivity index (χ2n) is 7.56. The number of alkyl halides is 3. The molecule has 0 unspecified atom stereocenters. The van der Waals surface area contributed by atoms with Crippen LogP contribution >= 0.6 is 0 Å². The minimum atomic E-state index is -4.55. The Morgan fingerprint density at radius 2 is 1.57 bits per heavy atom. The van der Waals surface area contributed by atoms with E-state index in [9.17, 15) is 21.6 Å². The molecule has 4 nitrogen and oxygen atoms in total. The Balaban J connectivity index is 1.95. The first-order chi connectivity index (χ1) is 13.9. The molecule has 0 atom stereocenters.